The molecule has 24 heavy (non-hydrogen) atoms. The average molecular weight is 338 g/mol. The second-order valence-electron chi connectivity index (χ2n) is 8.92. The van der Waals surface area contributed by atoms with Crippen molar-refractivity contribution in [1.82, 2.24) is 0 Å². The number of quaternary nitrogens is 1. The number of aliphatic hydroxyl groups excluding tert-OH is 1. The molecule has 4 fully saturated rings. The molecule has 5 heteroatoms. The van der Waals surface area contributed by atoms with Crippen LogP contribution < -0.4 is 5.32 Å². The highest BCUT2D eigenvalue weighted by Crippen LogP contribution is 2.62. The molecule has 0 amide bonds. The molecule has 2 heterocycles. The minimum atomic E-state index is -0.0159. The molecule has 136 valence electrons. The topological polar surface area (TPSA) is 75.7 Å². The number of ether oxygens (including phenoxy) is 2. The minimum absolute atomic E-state index is 0.0120. The van der Waals surface area contributed by atoms with Crippen LogP contribution in [0.3, 0.4) is 0 Å². The summed E-state index contributed by atoms with van der Waals surface area (Å²) in [6.07, 6.45) is 6.77. The van der Waals surface area contributed by atoms with Crippen LogP contribution in [0.2, 0.25) is 0 Å². The molecular formula is C19H32NO4+. The molecule has 5 nitrogen and oxygen atoms in total. The van der Waals surface area contributed by atoms with Gasteiger partial charge >= 0.3 is 5.97 Å². The summed E-state index contributed by atoms with van der Waals surface area (Å²) in [5.74, 6) is 0.888. The quantitative estimate of drug-likeness (QED) is 0.576. The Hall–Kier alpha value is -0.650. The standard InChI is InChI=1S/C19H31NO4/c1-3-12(10-21)20-9-14-13-7-16-18(2,8-15(13)24-17(14)22)5-4-6-19(16)11-23-19/h12-16,20-21H,3-11H2,1-2H3/p+1/t12-,13+,14+,15+,16+,18+,19-/m0/s1. The van der Waals surface area contributed by atoms with E-state index in [1.807, 2.05) is 0 Å². The van der Waals surface area contributed by atoms with E-state index in [4.69, 9.17) is 9.47 Å². The predicted molar refractivity (Wildman–Crippen MR) is 88.2 cm³/mol. The highest BCUT2D eigenvalue weighted by Gasteiger charge is 2.65. The van der Waals surface area contributed by atoms with Crippen molar-refractivity contribution < 1.29 is 24.7 Å². The van der Waals surface area contributed by atoms with E-state index in [-0.39, 0.29) is 41.7 Å². The number of carbonyl (C=O) groups is 1. The maximum absolute atomic E-state index is 12.5. The summed E-state index contributed by atoms with van der Waals surface area (Å²) in [7, 11) is 0. The Morgan fingerprint density at radius 1 is 1.42 bits per heavy atom. The summed E-state index contributed by atoms with van der Waals surface area (Å²) in [5.41, 5.74) is 0.390. The Morgan fingerprint density at radius 3 is 2.88 bits per heavy atom. The zero-order chi connectivity index (χ0) is 16.9. The van der Waals surface area contributed by atoms with Crippen LogP contribution >= 0.6 is 0 Å². The minimum Gasteiger partial charge on any atom is -0.462 e. The third kappa shape index (κ3) is 2.60. The van der Waals surface area contributed by atoms with E-state index in [0.29, 0.717) is 11.8 Å². The molecule has 0 aromatic rings. The average Bonchev–Trinajstić information content (AvgIpc) is 3.25. The number of hydrogen-bond donors (Lipinski definition) is 2. The molecule has 2 aliphatic carbocycles. The molecule has 4 aliphatic rings. The highest BCUT2D eigenvalue weighted by molar-refractivity contribution is 5.75. The van der Waals surface area contributed by atoms with Crippen LogP contribution in [0.15, 0.2) is 0 Å². The lowest BCUT2D eigenvalue weighted by Gasteiger charge is -2.51. The van der Waals surface area contributed by atoms with Gasteiger partial charge in [0.1, 0.15) is 18.1 Å². The molecule has 0 aromatic carbocycles. The van der Waals surface area contributed by atoms with Crippen molar-refractivity contribution in [2.45, 2.75) is 70.1 Å². The first kappa shape index (κ1) is 16.8. The first-order valence-electron chi connectivity index (χ1n) is 9.80. The normalized spacial score (nSPS) is 47.9. The number of hydrogen-bond acceptors (Lipinski definition) is 4. The van der Waals surface area contributed by atoms with Gasteiger partial charge in [-0.2, -0.15) is 0 Å². The first-order valence-corrected chi connectivity index (χ1v) is 9.80. The first-order chi connectivity index (χ1) is 11.5. The number of aliphatic hydroxyl groups is 1. The van der Waals surface area contributed by atoms with Crippen molar-refractivity contribution in [1.29, 1.82) is 0 Å². The van der Waals surface area contributed by atoms with E-state index < -0.39 is 0 Å². The number of fused-ring (bicyclic) bond motifs is 3. The van der Waals surface area contributed by atoms with Crippen LogP contribution in [0.25, 0.3) is 0 Å². The number of nitrogens with two attached hydrogens (primary N) is 1. The third-order valence-corrected chi connectivity index (χ3v) is 7.56. The molecule has 0 radical (unpaired) electrons. The lowest BCUT2D eigenvalue weighted by Crippen LogP contribution is -2.92. The molecular weight excluding hydrogens is 306 g/mol. The molecule has 4 rings (SSSR count). The van der Waals surface area contributed by atoms with Crippen molar-refractivity contribution in [3.63, 3.8) is 0 Å². The van der Waals surface area contributed by atoms with E-state index in [0.717, 1.165) is 32.4 Å². The zero-order valence-corrected chi connectivity index (χ0v) is 15.0. The summed E-state index contributed by atoms with van der Waals surface area (Å²) < 4.78 is 11.8. The Kier molecular flexibility index (Phi) is 4.17. The maximum Gasteiger partial charge on any atom is 0.315 e. The van der Waals surface area contributed by atoms with Gasteiger partial charge in [-0.05, 0) is 49.9 Å². The molecule has 7 atom stereocenters. The lowest BCUT2D eigenvalue weighted by atomic mass is 9.53. The third-order valence-electron chi connectivity index (χ3n) is 7.56. The molecule has 3 N–H and O–H groups in total. The van der Waals surface area contributed by atoms with Gasteiger partial charge in [0.25, 0.3) is 0 Å². The van der Waals surface area contributed by atoms with Gasteiger partial charge in [-0.3, -0.25) is 4.79 Å². The largest absolute Gasteiger partial charge is 0.462 e. The predicted octanol–water partition coefficient (Wildman–Crippen LogP) is 0.848. The summed E-state index contributed by atoms with van der Waals surface area (Å²) >= 11 is 0. The molecule has 2 saturated carbocycles. The number of epoxide rings is 1. The summed E-state index contributed by atoms with van der Waals surface area (Å²) in [6, 6.07) is 0.193. The summed E-state index contributed by atoms with van der Waals surface area (Å²) in [4.78, 5) is 12.5. The van der Waals surface area contributed by atoms with Gasteiger partial charge in [0, 0.05) is 5.92 Å². The van der Waals surface area contributed by atoms with Gasteiger partial charge in [0.2, 0.25) is 0 Å². The van der Waals surface area contributed by atoms with E-state index >= 15 is 0 Å². The molecule has 0 aromatic heterocycles. The Labute approximate surface area is 144 Å². The van der Waals surface area contributed by atoms with E-state index in [1.54, 1.807) is 0 Å². The van der Waals surface area contributed by atoms with Gasteiger partial charge in [-0.1, -0.05) is 13.8 Å². The van der Waals surface area contributed by atoms with Crippen molar-refractivity contribution in [3.8, 4) is 0 Å². The fourth-order valence-electron chi connectivity index (χ4n) is 5.94. The monoisotopic (exact) mass is 338 g/mol. The SMILES string of the molecule is CC[C@@H](CO)[NH2+]C[C@H]1C(=O)O[C@@H]2C[C@@]3(C)CCC[C@]4(CO4)[C@@H]3C[C@@H]21. The van der Waals surface area contributed by atoms with E-state index in [9.17, 15) is 9.90 Å². The number of esters is 1. The van der Waals surface area contributed by atoms with Crippen molar-refractivity contribution in [2.75, 3.05) is 19.8 Å². The smallest absolute Gasteiger partial charge is 0.315 e. The van der Waals surface area contributed by atoms with Crippen LogP contribution in [-0.2, 0) is 14.3 Å². The highest BCUT2D eigenvalue weighted by atomic mass is 16.6. The molecule has 0 bridgehead atoms. The second kappa shape index (κ2) is 5.96. The molecule has 0 unspecified atom stereocenters. The lowest BCUT2D eigenvalue weighted by molar-refractivity contribution is -0.695. The van der Waals surface area contributed by atoms with Gasteiger partial charge in [-0.15, -0.1) is 0 Å². The fourth-order valence-corrected chi connectivity index (χ4v) is 5.94. The van der Waals surface area contributed by atoms with E-state index in [1.165, 1.54) is 19.3 Å². The Bertz CT molecular complexity index is 502. The van der Waals surface area contributed by atoms with Crippen LogP contribution in [0.4, 0.5) is 0 Å². The fraction of sp³-hybridized carbons (Fsp3) is 0.947. The summed E-state index contributed by atoms with van der Waals surface area (Å²) in [5, 5.41) is 11.5. The van der Waals surface area contributed by atoms with E-state index in [2.05, 4.69) is 19.2 Å². The number of rotatable bonds is 5. The second-order valence-corrected chi connectivity index (χ2v) is 8.92. The van der Waals surface area contributed by atoms with Crippen molar-refractivity contribution >= 4 is 5.97 Å². The van der Waals surface area contributed by atoms with Crippen molar-refractivity contribution in [2.24, 2.45) is 23.2 Å². The van der Waals surface area contributed by atoms with Gasteiger partial charge in [0.05, 0.1) is 25.4 Å². The zero-order valence-electron chi connectivity index (χ0n) is 15.0. The Balaban J connectivity index is 1.49. The number of carbonyl (C=O) groups excluding carboxylic acids is 1. The van der Waals surface area contributed by atoms with Crippen LogP contribution in [0.5, 0.6) is 0 Å². The maximum atomic E-state index is 12.5. The van der Waals surface area contributed by atoms with Crippen molar-refractivity contribution in [3.05, 3.63) is 0 Å². The molecule has 2 aliphatic heterocycles. The van der Waals surface area contributed by atoms with Crippen LogP contribution in [0, 0.1) is 23.2 Å². The molecule has 1 spiro atoms. The Morgan fingerprint density at radius 2 is 2.21 bits per heavy atom. The van der Waals surface area contributed by atoms with Gasteiger partial charge in [0.15, 0.2) is 0 Å². The van der Waals surface area contributed by atoms with Crippen LogP contribution in [-0.4, -0.2) is 48.6 Å². The summed E-state index contributed by atoms with van der Waals surface area (Å²) in [6.45, 7) is 6.30. The van der Waals surface area contributed by atoms with Gasteiger partial charge in [-0.25, -0.2) is 0 Å². The van der Waals surface area contributed by atoms with Gasteiger partial charge < -0.3 is 19.9 Å². The van der Waals surface area contributed by atoms with Crippen LogP contribution in [0.1, 0.15) is 52.4 Å². The molecule has 2 saturated heterocycles.